The van der Waals surface area contributed by atoms with E-state index >= 15 is 0 Å². The molecule has 1 atom stereocenters. The normalized spacial score (nSPS) is 29.5. The molecular weight excluding hydrogens is 178 g/mol. The quantitative estimate of drug-likeness (QED) is 0.639. The molecule has 3 nitrogen and oxygen atoms in total. The molecule has 1 unspecified atom stereocenters. The minimum absolute atomic E-state index is 0.176. The van der Waals surface area contributed by atoms with E-state index in [4.69, 9.17) is 4.74 Å². The smallest absolute Gasteiger partial charge is 0.220 e. The van der Waals surface area contributed by atoms with Crippen LogP contribution >= 0.6 is 0 Å². The third-order valence-electron chi connectivity index (χ3n) is 3.09. The Hall–Kier alpha value is -0.570. The van der Waals surface area contributed by atoms with Crippen molar-refractivity contribution in [2.45, 2.75) is 45.1 Å². The van der Waals surface area contributed by atoms with Crippen molar-refractivity contribution in [3.63, 3.8) is 0 Å². The molecule has 3 heteroatoms. The van der Waals surface area contributed by atoms with Gasteiger partial charge in [-0.25, -0.2) is 0 Å². The fourth-order valence-electron chi connectivity index (χ4n) is 2.39. The van der Waals surface area contributed by atoms with E-state index in [-0.39, 0.29) is 12.0 Å². The summed E-state index contributed by atoms with van der Waals surface area (Å²) in [6.07, 6.45) is 5.86. The van der Waals surface area contributed by atoms with Crippen LogP contribution in [0, 0.1) is 6.04 Å². The number of carbonyl (C=O) groups excluding carboxylic acids is 1. The van der Waals surface area contributed by atoms with Crippen molar-refractivity contribution in [1.82, 2.24) is 4.90 Å². The van der Waals surface area contributed by atoms with E-state index in [0.29, 0.717) is 0 Å². The van der Waals surface area contributed by atoms with Crippen LogP contribution in [0.1, 0.15) is 39.0 Å². The summed E-state index contributed by atoms with van der Waals surface area (Å²) in [5.41, 5.74) is 0. The molecule has 2 aliphatic rings. The van der Waals surface area contributed by atoms with Crippen LogP contribution in [0.3, 0.4) is 0 Å². The average molecular weight is 196 g/mol. The minimum Gasteiger partial charge on any atom is -0.376 e. The summed E-state index contributed by atoms with van der Waals surface area (Å²) >= 11 is 0. The number of rotatable bonds is 1. The van der Waals surface area contributed by atoms with Gasteiger partial charge in [0.25, 0.3) is 0 Å². The first kappa shape index (κ1) is 9.97. The molecule has 2 rings (SSSR count). The fraction of sp³-hybridized carbons (Fsp3) is 0.818. The standard InChI is InChI=1S/C11H18NO2/c1-9(13)12-7-3-2-5-10(12)11-6-4-8-14-11/h11H,2-8H2,1H3. The average Bonchev–Trinajstić information content (AvgIpc) is 2.70. The molecule has 2 heterocycles. The predicted octanol–water partition coefficient (Wildman–Crippen LogP) is 1.73. The molecule has 0 aromatic rings. The van der Waals surface area contributed by atoms with Crippen molar-refractivity contribution in [3.8, 4) is 0 Å². The Morgan fingerprint density at radius 1 is 1.43 bits per heavy atom. The molecule has 1 radical (unpaired) electrons. The molecule has 0 aromatic carbocycles. The van der Waals surface area contributed by atoms with Gasteiger partial charge in [-0.05, 0) is 32.1 Å². The highest BCUT2D eigenvalue weighted by Crippen LogP contribution is 2.32. The van der Waals surface area contributed by atoms with Crippen LogP contribution in [0.5, 0.6) is 0 Å². The number of amides is 1. The Morgan fingerprint density at radius 2 is 2.29 bits per heavy atom. The van der Waals surface area contributed by atoms with E-state index in [1.807, 2.05) is 4.90 Å². The first-order valence-electron chi connectivity index (χ1n) is 5.54. The lowest BCUT2D eigenvalue weighted by molar-refractivity contribution is -0.131. The molecule has 14 heavy (non-hydrogen) atoms. The van der Waals surface area contributed by atoms with Gasteiger partial charge in [0, 0.05) is 20.1 Å². The van der Waals surface area contributed by atoms with Gasteiger partial charge >= 0.3 is 0 Å². The maximum atomic E-state index is 11.4. The van der Waals surface area contributed by atoms with Gasteiger partial charge in [0.1, 0.15) is 0 Å². The highest BCUT2D eigenvalue weighted by Gasteiger charge is 2.34. The van der Waals surface area contributed by atoms with Gasteiger partial charge in [-0.3, -0.25) is 4.79 Å². The van der Waals surface area contributed by atoms with Crippen LogP contribution in [-0.2, 0) is 9.53 Å². The number of hydrogen-bond acceptors (Lipinski definition) is 2. The highest BCUT2D eigenvalue weighted by molar-refractivity contribution is 5.75. The molecule has 0 aliphatic carbocycles. The van der Waals surface area contributed by atoms with E-state index in [0.717, 1.165) is 38.8 Å². The minimum atomic E-state index is 0.176. The van der Waals surface area contributed by atoms with Crippen LogP contribution in [0.4, 0.5) is 0 Å². The zero-order chi connectivity index (χ0) is 9.97. The first-order valence-corrected chi connectivity index (χ1v) is 5.54. The number of piperidine rings is 1. The molecule has 0 spiro atoms. The SMILES string of the molecule is CC(=O)N1CCCC[C]1C1CCCO1. The molecule has 79 valence electrons. The Morgan fingerprint density at radius 3 is 2.93 bits per heavy atom. The van der Waals surface area contributed by atoms with Crippen molar-refractivity contribution in [2.24, 2.45) is 0 Å². The zero-order valence-corrected chi connectivity index (χ0v) is 8.79. The number of hydrogen-bond donors (Lipinski definition) is 0. The van der Waals surface area contributed by atoms with Crippen LogP contribution in [0.2, 0.25) is 0 Å². The van der Waals surface area contributed by atoms with E-state index in [9.17, 15) is 4.79 Å². The van der Waals surface area contributed by atoms with E-state index in [1.54, 1.807) is 6.92 Å². The van der Waals surface area contributed by atoms with E-state index < -0.39 is 0 Å². The second kappa shape index (κ2) is 4.30. The lowest BCUT2D eigenvalue weighted by atomic mass is 9.96. The molecule has 0 N–H and O–H groups in total. The van der Waals surface area contributed by atoms with Crippen LogP contribution in [-0.4, -0.2) is 30.1 Å². The summed E-state index contributed by atoms with van der Waals surface area (Å²) in [6, 6.07) is 1.24. The second-order valence-electron chi connectivity index (χ2n) is 4.12. The summed E-state index contributed by atoms with van der Waals surface area (Å²) in [5.74, 6) is 0.176. The third-order valence-corrected chi connectivity index (χ3v) is 3.09. The van der Waals surface area contributed by atoms with Crippen molar-refractivity contribution in [1.29, 1.82) is 0 Å². The van der Waals surface area contributed by atoms with Crippen LogP contribution < -0.4 is 0 Å². The summed E-state index contributed by atoms with van der Waals surface area (Å²) in [6.45, 7) is 3.41. The first-order chi connectivity index (χ1) is 6.79. The molecule has 2 saturated heterocycles. The fourth-order valence-corrected chi connectivity index (χ4v) is 2.39. The van der Waals surface area contributed by atoms with Gasteiger partial charge in [-0.15, -0.1) is 0 Å². The van der Waals surface area contributed by atoms with Crippen LogP contribution in [0.25, 0.3) is 0 Å². The van der Waals surface area contributed by atoms with Gasteiger partial charge in [0.2, 0.25) is 5.91 Å². The zero-order valence-electron chi connectivity index (χ0n) is 8.79. The predicted molar refractivity (Wildman–Crippen MR) is 53.5 cm³/mol. The van der Waals surface area contributed by atoms with Crippen molar-refractivity contribution < 1.29 is 9.53 Å². The van der Waals surface area contributed by atoms with Crippen molar-refractivity contribution in [2.75, 3.05) is 13.2 Å². The monoisotopic (exact) mass is 196 g/mol. The Bertz CT molecular complexity index is 211. The molecule has 1 amide bonds. The Labute approximate surface area is 85.4 Å². The lowest BCUT2D eigenvalue weighted by Gasteiger charge is -2.37. The molecule has 2 aliphatic heterocycles. The third kappa shape index (κ3) is 1.92. The molecular formula is C11H18NO2. The van der Waals surface area contributed by atoms with E-state index in [2.05, 4.69) is 0 Å². The maximum absolute atomic E-state index is 11.4. The van der Waals surface area contributed by atoms with E-state index in [1.165, 1.54) is 12.5 Å². The number of ether oxygens (including phenoxy) is 1. The summed E-state index contributed by atoms with van der Waals surface area (Å²) in [4.78, 5) is 13.3. The lowest BCUT2D eigenvalue weighted by Crippen LogP contribution is -2.42. The number of likely N-dealkylation sites (tertiary alicyclic amines) is 1. The number of carbonyl (C=O) groups is 1. The summed E-state index contributed by atoms with van der Waals surface area (Å²) < 4.78 is 5.64. The molecule has 2 fully saturated rings. The van der Waals surface area contributed by atoms with Gasteiger partial charge in [-0.2, -0.15) is 0 Å². The second-order valence-corrected chi connectivity index (χ2v) is 4.12. The van der Waals surface area contributed by atoms with Gasteiger partial charge in [0.05, 0.1) is 12.1 Å². The van der Waals surface area contributed by atoms with Gasteiger partial charge < -0.3 is 9.64 Å². The Balaban J connectivity index is 2.01. The topological polar surface area (TPSA) is 29.5 Å². The number of nitrogens with zero attached hydrogens (tertiary/aromatic N) is 1. The van der Waals surface area contributed by atoms with Gasteiger partial charge in [0.15, 0.2) is 0 Å². The molecule has 0 saturated carbocycles. The van der Waals surface area contributed by atoms with Gasteiger partial charge in [-0.1, -0.05) is 0 Å². The maximum Gasteiger partial charge on any atom is 0.220 e. The van der Waals surface area contributed by atoms with Crippen LogP contribution in [0.15, 0.2) is 0 Å². The molecule has 0 aromatic heterocycles. The Kier molecular flexibility index (Phi) is 3.06. The summed E-state index contributed by atoms with van der Waals surface area (Å²) in [5, 5.41) is 0. The largest absolute Gasteiger partial charge is 0.376 e. The van der Waals surface area contributed by atoms with Crippen molar-refractivity contribution >= 4 is 5.91 Å². The highest BCUT2D eigenvalue weighted by atomic mass is 16.5. The summed E-state index contributed by atoms with van der Waals surface area (Å²) in [7, 11) is 0. The van der Waals surface area contributed by atoms with Crippen molar-refractivity contribution in [3.05, 3.63) is 6.04 Å². The molecule has 0 bridgehead atoms.